The molecule has 1 aliphatic rings. The van der Waals surface area contributed by atoms with Gasteiger partial charge in [-0.2, -0.15) is 0 Å². The average molecular weight is 389 g/mol. The van der Waals surface area contributed by atoms with Gasteiger partial charge < -0.3 is 25.0 Å². The summed E-state index contributed by atoms with van der Waals surface area (Å²) in [5, 5.41) is 23.7. The van der Waals surface area contributed by atoms with Crippen LogP contribution in [0.25, 0.3) is 11.2 Å². The molecule has 0 aliphatic carbocycles. The molecule has 2 aromatic heterocycles. The van der Waals surface area contributed by atoms with Crippen LogP contribution in [0.3, 0.4) is 0 Å². The number of benzene rings is 1. The number of aryl methyl sites for hydroxylation is 1. The number of aliphatic hydroxyl groups is 2. The highest BCUT2D eigenvalue weighted by Crippen LogP contribution is 2.33. The molecule has 2 unspecified atom stereocenters. The van der Waals surface area contributed by atoms with Crippen molar-refractivity contribution >= 4 is 22.7 Å². The third-order valence-electron chi connectivity index (χ3n) is 4.58. The molecule has 4 rings (SSSR count). The number of rotatable bonds is 5. The first kappa shape index (κ1) is 18.7. The minimum Gasteiger partial charge on any atom is -0.387 e. The SMILES string of the molecule is COC[C@H]1O[C@@H](n2cnc3c(Nc4ccc(F)cc4)nc(C)nc32)C(O)C1O. The number of hydrogen-bond donors (Lipinski definition) is 3. The molecule has 0 bridgehead atoms. The molecule has 3 aromatic rings. The van der Waals surface area contributed by atoms with Crippen molar-refractivity contribution in [1.29, 1.82) is 0 Å². The molecule has 9 nitrogen and oxygen atoms in total. The Labute approximate surface area is 159 Å². The quantitative estimate of drug-likeness (QED) is 0.598. The molecule has 10 heteroatoms. The number of halogens is 1. The number of aliphatic hydroxyl groups excluding tert-OH is 2. The van der Waals surface area contributed by atoms with Gasteiger partial charge in [-0.05, 0) is 31.2 Å². The van der Waals surface area contributed by atoms with Gasteiger partial charge in [0.1, 0.15) is 30.0 Å². The summed E-state index contributed by atoms with van der Waals surface area (Å²) >= 11 is 0. The highest BCUT2D eigenvalue weighted by Gasteiger charge is 2.44. The van der Waals surface area contributed by atoms with Crippen molar-refractivity contribution in [3.05, 3.63) is 42.2 Å². The Bertz CT molecular complexity index is 980. The Morgan fingerprint density at radius 2 is 1.96 bits per heavy atom. The molecule has 3 N–H and O–H groups in total. The summed E-state index contributed by atoms with van der Waals surface area (Å²) in [6.07, 6.45) is -2.32. The van der Waals surface area contributed by atoms with Gasteiger partial charge >= 0.3 is 0 Å². The van der Waals surface area contributed by atoms with Gasteiger partial charge in [-0.1, -0.05) is 0 Å². The molecule has 1 aliphatic heterocycles. The predicted molar refractivity (Wildman–Crippen MR) is 97.5 cm³/mol. The maximum Gasteiger partial charge on any atom is 0.167 e. The van der Waals surface area contributed by atoms with Crippen LogP contribution in [-0.4, -0.2) is 61.8 Å². The van der Waals surface area contributed by atoms with Crippen LogP contribution >= 0.6 is 0 Å². The van der Waals surface area contributed by atoms with Gasteiger partial charge in [-0.15, -0.1) is 0 Å². The zero-order chi connectivity index (χ0) is 19.8. The first-order valence-electron chi connectivity index (χ1n) is 8.72. The normalized spacial score (nSPS) is 24.8. The second kappa shape index (κ2) is 7.40. The molecule has 1 saturated heterocycles. The van der Waals surface area contributed by atoms with Crippen molar-refractivity contribution < 1.29 is 24.1 Å². The first-order chi connectivity index (χ1) is 13.5. The monoisotopic (exact) mass is 389 g/mol. The lowest BCUT2D eigenvalue weighted by Crippen LogP contribution is -2.33. The number of hydrogen-bond acceptors (Lipinski definition) is 8. The third kappa shape index (κ3) is 3.31. The largest absolute Gasteiger partial charge is 0.387 e. The Morgan fingerprint density at radius 1 is 1.21 bits per heavy atom. The number of fused-ring (bicyclic) bond motifs is 1. The highest BCUT2D eigenvalue weighted by atomic mass is 19.1. The van der Waals surface area contributed by atoms with Crippen LogP contribution < -0.4 is 5.32 Å². The van der Waals surface area contributed by atoms with Crippen LogP contribution in [-0.2, 0) is 9.47 Å². The van der Waals surface area contributed by atoms with E-state index in [0.29, 0.717) is 28.5 Å². The fourth-order valence-corrected chi connectivity index (χ4v) is 3.23. The molecule has 0 saturated carbocycles. The van der Waals surface area contributed by atoms with E-state index < -0.39 is 24.5 Å². The molecule has 0 amide bonds. The topological polar surface area (TPSA) is 115 Å². The van der Waals surface area contributed by atoms with Crippen molar-refractivity contribution in [1.82, 2.24) is 19.5 Å². The minimum atomic E-state index is -1.17. The summed E-state index contributed by atoms with van der Waals surface area (Å²) in [7, 11) is 1.49. The van der Waals surface area contributed by atoms with Gasteiger partial charge in [-0.3, -0.25) is 4.57 Å². The molecule has 0 radical (unpaired) electrons. The molecular weight excluding hydrogens is 369 g/mol. The number of nitrogens with zero attached hydrogens (tertiary/aromatic N) is 4. The summed E-state index contributed by atoms with van der Waals surface area (Å²) in [6.45, 7) is 1.87. The Balaban J connectivity index is 1.70. The van der Waals surface area contributed by atoms with Gasteiger partial charge in [-0.25, -0.2) is 19.3 Å². The van der Waals surface area contributed by atoms with E-state index in [2.05, 4.69) is 20.3 Å². The van der Waals surface area contributed by atoms with Gasteiger partial charge in [0.25, 0.3) is 0 Å². The van der Waals surface area contributed by atoms with Crippen LogP contribution in [0.5, 0.6) is 0 Å². The molecule has 148 valence electrons. The average Bonchev–Trinajstić information content (AvgIpc) is 3.20. The standard InChI is InChI=1S/C18H20FN5O4/c1-9-21-16(23-11-5-3-10(19)4-6-11)13-17(22-9)24(8-20-13)18-15(26)14(25)12(28-18)7-27-2/h3-6,8,12,14-15,18,25-26H,7H2,1-2H3,(H,21,22,23)/t12-,14?,15?,18-/m1/s1. The van der Waals surface area contributed by atoms with Crippen LogP contribution in [0.15, 0.2) is 30.6 Å². The van der Waals surface area contributed by atoms with Crippen molar-refractivity contribution in [3.63, 3.8) is 0 Å². The van der Waals surface area contributed by atoms with E-state index in [9.17, 15) is 14.6 Å². The van der Waals surface area contributed by atoms with Crippen molar-refractivity contribution in [2.75, 3.05) is 19.0 Å². The van der Waals surface area contributed by atoms with Gasteiger partial charge in [0.15, 0.2) is 23.2 Å². The van der Waals surface area contributed by atoms with Crippen LogP contribution in [0.2, 0.25) is 0 Å². The Kier molecular flexibility index (Phi) is 4.94. The summed E-state index contributed by atoms with van der Waals surface area (Å²) in [4.78, 5) is 13.1. The zero-order valence-electron chi connectivity index (χ0n) is 15.3. The maximum atomic E-state index is 13.1. The molecule has 3 heterocycles. The van der Waals surface area contributed by atoms with Crippen LogP contribution in [0.1, 0.15) is 12.1 Å². The highest BCUT2D eigenvalue weighted by molar-refractivity contribution is 5.85. The van der Waals surface area contributed by atoms with E-state index in [-0.39, 0.29) is 12.4 Å². The van der Waals surface area contributed by atoms with Gasteiger partial charge in [0.05, 0.1) is 12.9 Å². The lowest BCUT2D eigenvalue weighted by Gasteiger charge is -2.17. The van der Waals surface area contributed by atoms with E-state index in [1.54, 1.807) is 23.6 Å². The lowest BCUT2D eigenvalue weighted by molar-refractivity contribution is -0.0580. The van der Waals surface area contributed by atoms with E-state index in [1.165, 1.54) is 25.6 Å². The van der Waals surface area contributed by atoms with E-state index in [0.717, 1.165) is 0 Å². The summed E-state index contributed by atoms with van der Waals surface area (Å²) in [6, 6.07) is 5.86. The number of nitrogens with one attached hydrogen (secondary N) is 1. The lowest BCUT2D eigenvalue weighted by atomic mass is 10.1. The summed E-state index contributed by atoms with van der Waals surface area (Å²) in [5.41, 5.74) is 1.53. The van der Waals surface area contributed by atoms with Crippen molar-refractivity contribution in [2.24, 2.45) is 0 Å². The second-order valence-corrected chi connectivity index (χ2v) is 6.58. The van der Waals surface area contributed by atoms with Crippen LogP contribution in [0, 0.1) is 12.7 Å². The Morgan fingerprint density at radius 3 is 2.68 bits per heavy atom. The van der Waals surface area contributed by atoms with E-state index in [4.69, 9.17) is 9.47 Å². The molecule has 0 spiro atoms. The Hall–Kier alpha value is -2.66. The second-order valence-electron chi connectivity index (χ2n) is 6.58. The molecular formula is C18H20FN5O4. The maximum absolute atomic E-state index is 13.1. The zero-order valence-corrected chi connectivity index (χ0v) is 15.3. The first-order valence-corrected chi connectivity index (χ1v) is 8.72. The number of imidazole rings is 1. The fraction of sp³-hybridized carbons (Fsp3) is 0.389. The number of aromatic nitrogens is 4. The van der Waals surface area contributed by atoms with Crippen molar-refractivity contribution in [3.8, 4) is 0 Å². The smallest absolute Gasteiger partial charge is 0.167 e. The number of ether oxygens (including phenoxy) is 2. The van der Waals surface area contributed by atoms with Gasteiger partial charge in [0, 0.05) is 12.8 Å². The van der Waals surface area contributed by atoms with E-state index in [1.807, 2.05) is 0 Å². The summed E-state index contributed by atoms with van der Waals surface area (Å²) in [5.74, 6) is 0.574. The van der Waals surface area contributed by atoms with Gasteiger partial charge in [0.2, 0.25) is 0 Å². The number of anilines is 2. The summed E-state index contributed by atoms with van der Waals surface area (Å²) < 4.78 is 25.5. The van der Waals surface area contributed by atoms with E-state index >= 15 is 0 Å². The molecule has 1 fully saturated rings. The molecule has 28 heavy (non-hydrogen) atoms. The predicted octanol–water partition coefficient (Wildman–Crippen LogP) is 1.28. The number of methoxy groups -OCH3 is 1. The van der Waals surface area contributed by atoms with Crippen molar-refractivity contribution in [2.45, 2.75) is 31.5 Å². The third-order valence-corrected chi connectivity index (χ3v) is 4.58. The fourth-order valence-electron chi connectivity index (χ4n) is 3.23. The molecule has 1 aromatic carbocycles. The van der Waals surface area contributed by atoms with Crippen LogP contribution in [0.4, 0.5) is 15.9 Å². The molecule has 4 atom stereocenters. The minimum absolute atomic E-state index is 0.146.